The highest BCUT2D eigenvalue weighted by molar-refractivity contribution is 9.10. The van der Waals surface area contributed by atoms with Crippen molar-refractivity contribution in [1.29, 1.82) is 0 Å². The van der Waals surface area contributed by atoms with Gasteiger partial charge in [0.15, 0.2) is 11.5 Å². The molecule has 1 amide bonds. The number of hydrogen-bond donors (Lipinski definition) is 1. The van der Waals surface area contributed by atoms with Gasteiger partial charge in [0.05, 0.1) is 23.4 Å². The van der Waals surface area contributed by atoms with Crippen LogP contribution < -0.4 is 14.8 Å². The predicted octanol–water partition coefficient (Wildman–Crippen LogP) is 3.22. The predicted molar refractivity (Wildman–Crippen MR) is 95.6 cm³/mol. The van der Waals surface area contributed by atoms with Crippen molar-refractivity contribution < 1.29 is 14.3 Å². The summed E-state index contributed by atoms with van der Waals surface area (Å²) in [5, 5.41) is 7.13. The Balaban J connectivity index is 2.11. The maximum Gasteiger partial charge on any atom is 0.270 e. The number of aromatic nitrogens is 2. The van der Waals surface area contributed by atoms with Gasteiger partial charge in [-0.15, -0.1) is 0 Å². The van der Waals surface area contributed by atoms with E-state index in [9.17, 15) is 4.79 Å². The molecule has 130 valence electrons. The number of nitrogens with one attached hydrogen (secondary N) is 1. The van der Waals surface area contributed by atoms with E-state index in [0.29, 0.717) is 41.4 Å². The molecule has 0 saturated carbocycles. The minimum Gasteiger partial charge on any atom is -0.490 e. The number of halogens is 1. The first-order chi connectivity index (χ1) is 11.5. The fourth-order valence-electron chi connectivity index (χ4n) is 2.35. The van der Waals surface area contributed by atoms with E-state index in [1.807, 2.05) is 39.0 Å². The molecule has 1 heterocycles. The number of nitrogens with zero attached hydrogens (tertiary/aromatic N) is 2. The molecule has 0 aliphatic heterocycles. The van der Waals surface area contributed by atoms with E-state index in [2.05, 4.69) is 26.3 Å². The summed E-state index contributed by atoms with van der Waals surface area (Å²) in [6.07, 6.45) is 0. The second kappa shape index (κ2) is 8.19. The first kappa shape index (κ1) is 18.3. The van der Waals surface area contributed by atoms with Crippen LogP contribution >= 0.6 is 15.9 Å². The van der Waals surface area contributed by atoms with Crippen LogP contribution in [0, 0.1) is 6.92 Å². The third-order valence-corrected chi connectivity index (χ3v) is 4.37. The smallest absolute Gasteiger partial charge is 0.270 e. The SMILES string of the molecule is CCOc1ccc(CNC(=O)c2c(Br)c(C)nn2C)cc1OCC. The summed E-state index contributed by atoms with van der Waals surface area (Å²) in [5.41, 5.74) is 2.22. The summed E-state index contributed by atoms with van der Waals surface area (Å²) in [6, 6.07) is 5.66. The van der Waals surface area contributed by atoms with Crippen molar-refractivity contribution in [2.24, 2.45) is 7.05 Å². The Morgan fingerprint density at radius 3 is 2.50 bits per heavy atom. The molecule has 0 aliphatic carbocycles. The summed E-state index contributed by atoms with van der Waals surface area (Å²) in [5.74, 6) is 1.21. The highest BCUT2D eigenvalue weighted by Gasteiger charge is 2.18. The maximum atomic E-state index is 12.4. The van der Waals surface area contributed by atoms with Crippen molar-refractivity contribution in [2.45, 2.75) is 27.3 Å². The summed E-state index contributed by atoms with van der Waals surface area (Å²) in [6.45, 7) is 7.22. The average molecular weight is 396 g/mol. The normalized spacial score (nSPS) is 10.5. The van der Waals surface area contributed by atoms with E-state index in [-0.39, 0.29) is 5.91 Å². The van der Waals surface area contributed by atoms with Gasteiger partial charge in [0.25, 0.3) is 5.91 Å². The van der Waals surface area contributed by atoms with Crippen molar-refractivity contribution >= 4 is 21.8 Å². The molecule has 0 fully saturated rings. The molecule has 7 heteroatoms. The van der Waals surface area contributed by atoms with Crippen molar-refractivity contribution in [3.8, 4) is 11.5 Å². The summed E-state index contributed by atoms with van der Waals surface area (Å²) < 4.78 is 13.4. The van der Waals surface area contributed by atoms with Crippen LogP contribution in [0.3, 0.4) is 0 Å². The fraction of sp³-hybridized carbons (Fsp3) is 0.412. The molecule has 0 unspecified atom stereocenters. The zero-order valence-electron chi connectivity index (χ0n) is 14.4. The quantitative estimate of drug-likeness (QED) is 0.781. The van der Waals surface area contributed by atoms with Gasteiger partial charge in [0.2, 0.25) is 0 Å². The van der Waals surface area contributed by atoms with Crippen LogP contribution in [-0.4, -0.2) is 28.9 Å². The minimum absolute atomic E-state index is 0.184. The first-order valence-electron chi connectivity index (χ1n) is 7.83. The number of aryl methyl sites for hydroxylation is 2. The van der Waals surface area contributed by atoms with Crippen molar-refractivity contribution in [2.75, 3.05) is 13.2 Å². The van der Waals surface area contributed by atoms with Gasteiger partial charge in [-0.05, 0) is 54.4 Å². The molecule has 2 aromatic rings. The van der Waals surface area contributed by atoms with Crippen molar-refractivity contribution in [3.05, 3.63) is 39.6 Å². The Labute approximate surface area is 150 Å². The second-order valence-corrected chi connectivity index (χ2v) is 5.99. The standard InChI is InChI=1S/C17H22BrN3O3/c1-5-23-13-8-7-12(9-14(13)24-6-2)10-19-17(22)16-15(18)11(3)20-21(16)4/h7-9H,5-6,10H2,1-4H3,(H,19,22). The number of amides is 1. The van der Waals surface area contributed by atoms with Crippen molar-refractivity contribution in [3.63, 3.8) is 0 Å². The van der Waals surface area contributed by atoms with E-state index in [0.717, 1.165) is 11.3 Å². The number of rotatable bonds is 7. The Morgan fingerprint density at radius 1 is 1.25 bits per heavy atom. The lowest BCUT2D eigenvalue weighted by molar-refractivity contribution is 0.0940. The van der Waals surface area contributed by atoms with Crippen LogP contribution in [-0.2, 0) is 13.6 Å². The monoisotopic (exact) mass is 395 g/mol. The van der Waals surface area contributed by atoms with Crippen LogP contribution in [0.25, 0.3) is 0 Å². The molecule has 6 nitrogen and oxygen atoms in total. The van der Waals surface area contributed by atoms with E-state index < -0.39 is 0 Å². The summed E-state index contributed by atoms with van der Waals surface area (Å²) in [4.78, 5) is 12.4. The maximum absolute atomic E-state index is 12.4. The number of carbonyl (C=O) groups excluding carboxylic acids is 1. The van der Waals surface area contributed by atoms with Gasteiger partial charge in [-0.3, -0.25) is 9.48 Å². The van der Waals surface area contributed by atoms with Gasteiger partial charge in [-0.2, -0.15) is 5.10 Å². The topological polar surface area (TPSA) is 65.4 Å². The minimum atomic E-state index is -0.184. The average Bonchev–Trinajstić information content (AvgIpc) is 2.80. The zero-order chi connectivity index (χ0) is 17.7. The zero-order valence-corrected chi connectivity index (χ0v) is 15.9. The summed E-state index contributed by atoms with van der Waals surface area (Å²) >= 11 is 3.41. The highest BCUT2D eigenvalue weighted by Crippen LogP contribution is 2.28. The molecule has 1 aromatic heterocycles. The third kappa shape index (κ3) is 4.08. The second-order valence-electron chi connectivity index (χ2n) is 5.20. The Bertz CT molecular complexity index is 728. The number of carbonyl (C=O) groups is 1. The number of ether oxygens (including phenoxy) is 2. The molecule has 0 atom stereocenters. The molecular weight excluding hydrogens is 374 g/mol. The summed E-state index contributed by atoms with van der Waals surface area (Å²) in [7, 11) is 1.75. The Hall–Kier alpha value is -2.02. The molecular formula is C17H22BrN3O3. The van der Waals surface area contributed by atoms with Crippen molar-refractivity contribution in [1.82, 2.24) is 15.1 Å². The Morgan fingerprint density at radius 2 is 1.92 bits per heavy atom. The molecule has 0 saturated heterocycles. The fourth-order valence-corrected chi connectivity index (χ4v) is 2.87. The highest BCUT2D eigenvalue weighted by atomic mass is 79.9. The van der Waals surface area contributed by atoms with Gasteiger partial charge < -0.3 is 14.8 Å². The molecule has 2 rings (SSSR count). The number of hydrogen-bond acceptors (Lipinski definition) is 4. The lowest BCUT2D eigenvalue weighted by atomic mass is 10.2. The van der Waals surface area contributed by atoms with E-state index in [1.165, 1.54) is 0 Å². The van der Waals surface area contributed by atoms with Gasteiger partial charge in [0, 0.05) is 13.6 Å². The van der Waals surface area contributed by atoms with Gasteiger partial charge in [-0.1, -0.05) is 6.07 Å². The molecule has 0 aliphatic rings. The van der Waals surface area contributed by atoms with E-state index >= 15 is 0 Å². The van der Waals surface area contributed by atoms with Gasteiger partial charge in [0.1, 0.15) is 5.69 Å². The lowest BCUT2D eigenvalue weighted by Crippen LogP contribution is -2.25. The third-order valence-electron chi connectivity index (χ3n) is 3.43. The number of benzene rings is 1. The molecule has 1 N–H and O–H groups in total. The van der Waals surface area contributed by atoms with Gasteiger partial charge in [-0.25, -0.2) is 0 Å². The molecule has 0 bridgehead atoms. The van der Waals surface area contributed by atoms with E-state index in [1.54, 1.807) is 11.7 Å². The molecule has 0 radical (unpaired) electrons. The largest absolute Gasteiger partial charge is 0.490 e. The van der Waals surface area contributed by atoms with E-state index in [4.69, 9.17) is 9.47 Å². The molecule has 24 heavy (non-hydrogen) atoms. The Kier molecular flexibility index (Phi) is 6.25. The van der Waals surface area contributed by atoms with Crippen LogP contribution in [0.1, 0.15) is 35.6 Å². The molecule has 1 aromatic carbocycles. The van der Waals surface area contributed by atoms with Crippen LogP contribution in [0.2, 0.25) is 0 Å². The lowest BCUT2D eigenvalue weighted by Gasteiger charge is -2.13. The molecule has 0 spiro atoms. The first-order valence-corrected chi connectivity index (χ1v) is 8.63. The van der Waals surface area contributed by atoms with Crippen LogP contribution in [0.15, 0.2) is 22.7 Å². The van der Waals surface area contributed by atoms with Crippen LogP contribution in [0.5, 0.6) is 11.5 Å². The van der Waals surface area contributed by atoms with Gasteiger partial charge >= 0.3 is 0 Å². The van der Waals surface area contributed by atoms with Crippen LogP contribution in [0.4, 0.5) is 0 Å².